The average molecular weight is 282 g/mol. The maximum Gasteiger partial charge on any atom is 0.312 e. The van der Waals surface area contributed by atoms with Crippen molar-refractivity contribution in [2.24, 2.45) is 0 Å². The fraction of sp³-hybridized carbons (Fsp3) is 0.455. The smallest absolute Gasteiger partial charge is 0.312 e. The van der Waals surface area contributed by atoms with Crippen molar-refractivity contribution in [2.45, 2.75) is 24.9 Å². The molecule has 1 aliphatic heterocycles. The van der Waals surface area contributed by atoms with Crippen molar-refractivity contribution in [3.8, 4) is 0 Å². The van der Waals surface area contributed by atoms with Gasteiger partial charge in [0, 0.05) is 6.42 Å². The summed E-state index contributed by atoms with van der Waals surface area (Å²) in [4.78, 5) is 11.1. The van der Waals surface area contributed by atoms with E-state index in [1.165, 1.54) is 10.9 Å². The Morgan fingerprint density at radius 2 is 2.40 bits per heavy atom. The van der Waals surface area contributed by atoms with Crippen LogP contribution in [0.1, 0.15) is 12.6 Å². The van der Waals surface area contributed by atoms with Crippen LogP contribution in [0.5, 0.6) is 0 Å². The van der Waals surface area contributed by atoms with Crippen molar-refractivity contribution in [3.63, 3.8) is 0 Å². The van der Waals surface area contributed by atoms with Gasteiger partial charge in [-0.05, 0) is 0 Å². The molecule has 8 nitrogen and oxygen atoms in total. The third-order valence-corrected chi connectivity index (χ3v) is 3.16. The Morgan fingerprint density at radius 3 is 3.15 bits per heavy atom. The quantitative estimate of drug-likeness (QED) is 0.763. The lowest BCUT2D eigenvalue weighted by atomic mass is 10.2. The number of halogens is 1. The predicted molar refractivity (Wildman–Crippen MR) is 65.5 cm³/mol. The molecule has 0 aliphatic carbocycles. The summed E-state index contributed by atoms with van der Waals surface area (Å²) < 4.78 is 25.1. The molecule has 20 heavy (non-hydrogen) atoms. The minimum absolute atomic E-state index is 0.0589. The second-order valence-corrected chi connectivity index (χ2v) is 4.52. The number of nitrogen functional groups attached to an aromatic ring is 1. The Hall–Kier alpha value is -1.84. The van der Waals surface area contributed by atoms with Crippen LogP contribution in [-0.2, 0) is 9.47 Å². The summed E-state index contributed by atoms with van der Waals surface area (Å²) in [6.07, 6.45) is -1.00. The van der Waals surface area contributed by atoms with Gasteiger partial charge in [-0.1, -0.05) is 0 Å². The Kier molecular flexibility index (Phi) is 3.24. The molecule has 1 fully saturated rings. The van der Waals surface area contributed by atoms with Crippen LogP contribution in [0.4, 0.5) is 10.2 Å². The number of imidazole rings is 1. The third kappa shape index (κ3) is 2.09. The van der Waals surface area contributed by atoms with Crippen LogP contribution in [0.25, 0.3) is 11.2 Å². The number of anilines is 1. The number of hydrogen-bond donors (Lipinski definition) is 2. The SMILES string of the molecule is [CH2]OCC1CC(O)C(n2cnc3c(N)nc(F)nc32)O1. The van der Waals surface area contributed by atoms with Gasteiger partial charge in [-0.3, -0.25) is 4.57 Å². The number of fused-ring (bicyclic) bond motifs is 1. The molecule has 9 heteroatoms. The molecule has 3 heterocycles. The van der Waals surface area contributed by atoms with Gasteiger partial charge in [0.1, 0.15) is 6.10 Å². The van der Waals surface area contributed by atoms with Gasteiger partial charge in [0.25, 0.3) is 0 Å². The van der Waals surface area contributed by atoms with Crippen LogP contribution in [0.15, 0.2) is 6.33 Å². The second kappa shape index (κ2) is 4.93. The third-order valence-electron chi connectivity index (χ3n) is 3.16. The lowest BCUT2D eigenvalue weighted by molar-refractivity contribution is -0.0508. The molecule has 0 amide bonds. The number of ether oxygens (including phenoxy) is 2. The van der Waals surface area contributed by atoms with Crippen molar-refractivity contribution in [2.75, 3.05) is 12.3 Å². The van der Waals surface area contributed by atoms with Gasteiger partial charge in [-0.2, -0.15) is 14.4 Å². The largest absolute Gasteiger partial charge is 0.388 e. The van der Waals surface area contributed by atoms with Crippen molar-refractivity contribution >= 4 is 17.0 Å². The van der Waals surface area contributed by atoms with Crippen LogP contribution in [0.2, 0.25) is 0 Å². The van der Waals surface area contributed by atoms with Gasteiger partial charge in [0.05, 0.1) is 26.1 Å². The van der Waals surface area contributed by atoms with Gasteiger partial charge in [0.2, 0.25) is 0 Å². The van der Waals surface area contributed by atoms with Gasteiger partial charge < -0.3 is 20.3 Å². The first-order chi connectivity index (χ1) is 9.60. The predicted octanol–water partition coefficient (Wildman–Crippen LogP) is 0.00419. The molecule has 1 radical (unpaired) electrons. The van der Waals surface area contributed by atoms with Crippen molar-refractivity contribution < 1.29 is 19.0 Å². The number of aliphatic hydroxyl groups is 1. The van der Waals surface area contributed by atoms with E-state index >= 15 is 0 Å². The standard InChI is InChI=1S/C11H13FN5O3/c1-19-3-5-2-6(18)10(20-5)17-4-14-7-8(13)15-11(12)16-9(7)17/h4-6,10,18H,1-3H2,(H2,13,15,16). The van der Waals surface area contributed by atoms with Crippen LogP contribution in [-0.4, -0.2) is 43.4 Å². The molecular formula is C11H13FN5O3. The minimum Gasteiger partial charge on any atom is -0.388 e. The first-order valence-electron chi connectivity index (χ1n) is 5.96. The van der Waals surface area contributed by atoms with E-state index in [1.54, 1.807) is 0 Å². The highest BCUT2D eigenvalue weighted by molar-refractivity contribution is 5.81. The Bertz CT molecular complexity index is 634. The highest BCUT2D eigenvalue weighted by Crippen LogP contribution is 2.31. The molecule has 2 aromatic rings. The number of nitrogens with two attached hydrogens (primary N) is 1. The minimum atomic E-state index is -0.957. The second-order valence-electron chi connectivity index (χ2n) is 4.52. The molecule has 1 saturated heterocycles. The topological polar surface area (TPSA) is 108 Å². The summed E-state index contributed by atoms with van der Waals surface area (Å²) in [6.45, 7) is 0.256. The first-order valence-corrected chi connectivity index (χ1v) is 5.96. The van der Waals surface area contributed by atoms with Crippen LogP contribution < -0.4 is 5.73 Å². The molecule has 0 bridgehead atoms. The van der Waals surface area contributed by atoms with Gasteiger partial charge in [-0.25, -0.2) is 4.98 Å². The fourth-order valence-electron chi connectivity index (χ4n) is 2.32. The summed E-state index contributed by atoms with van der Waals surface area (Å²) in [5.41, 5.74) is 6.02. The molecule has 0 aromatic carbocycles. The molecule has 3 unspecified atom stereocenters. The van der Waals surface area contributed by atoms with E-state index in [1.807, 2.05) is 0 Å². The van der Waals surface area contributed by atoms with E-state index < -0.39 is 18.4 Å². The van der Waals surface area contributed by atoms with E-state index in [0.717, 1.165) is 0 Å². The summed E-state index contributed by atoms with van der Waals surface area (Å²) in [5.74, 6) is -0.0589. The van der Waals surface area contributed by atoms with E-state index in [0.29, 0.717) is 6.42 Å². The van der Waals surface area contributed by atoms with Crippen molar-refractivity contribution in [1.82, 2.24) is 19.5 Å². The number of hydrogen-bond acceptors (Lipinski definition) is 7. The van der Waals surface area contributed by atoms with Crippen LogP contribution >= 0.6 is 0 Å². The zero-order chi connectivity index (χ0) is 14.3. The number of aromatic nitrogens is 4. The maximum atomic E-state index is 13.3. The molecule has 3 atom stereocenters. The molecule has 107 valence electrons. The van der Waals surface area contributed by atoms with Gasteiger partial charge in [-0.15, -0.1) is 0 Å². The maximum absolute atomic E-state index is 13.3. The van der Waals surface area contributed by atoms with Crippen LogP contribution in [0.3, 0.4) is 0 Å². The zero-order valence-corrected chi connectivity index (χ0v) is 10.4. The van der Waals surface area contributed by atoms with E-state index in [9.17, 15) is 9.50 Å². The Labute approximate surface area is 113 Å². The lowest BCUT2D eigenvalue weighted by Crippen LogP contribution is -2.19. The zero-order valence-electron chi connectivity index (χ0n) is 10.4. The Morgan fingerprint density at radius 1 is 1.60 bits per heavy atom. The first kappa shape index (κ1) is 13.2. The molecule has 0 spiro atoms. The summed E-state index contributed by atoms with van der Waals surface area (Å²) in [5, 5.41) is 10.0. The Balaban J connectivity index is 1.98. The van der Waals surface area contributed by atoms with Crippen molar-refractivity contribution in [3.05, 3.63) is 19.5 Å². The fourth-order valence-corrected chi connectivity index (χ4v) is 2.32. The van der Waals surface area contributed by atoms with Gasteiger partial charge in [0.15, 0.2) is 23.2 Å². The van der Waals surface area contributed by atoms with E-state index in [2.05, 4.69) is 22.1 Å². The summed E-state index contributed by atoms with van der Waals surface area (Å²) in [6, 6.07) is 0. The summed E-state index contributed by atoms with van der Waals surface area (Å²) >= 11 is 0. The molecular weight excluding hydrogens is 269 g/mol. The molecule has 0 saturated carbocycles. The number of aliphatic hydroxyl groups excluding tert-OH is 1. The number of rotatable bonds is 3. The molecule has 2 aromatic heterocycles. The molecule has 1 aliphatic rings. The van der Waals surface area contributed by atoms with Crippen molar-refractivity contribution in [1.29, 1.82) is 0 Å². The van der Waals surface area contributed by atoms with Gasteiger partial charge >= 0.3 is 6.08 Å². The normalized spacial score (nSPS) is 26.4. The van der Waals surface area contributed by atoms with Crippen LogP contribution in [0, 0.1) is 13.2 Å². The lowest BCUT2D eigenvalue weighted by Gasteiger charge is -2.16. The number of nitrogens with zero attached hydrogens (tertiary/aromatic N) is 4. The highest BCUT2D eigenvalue weighted by atomic mass is 19.1. The van der Waals surface area contributed by atoms with E-state index in [4.69, 9.17) is 15.2 Å². The average Bonchev–Trinajstić information content (AvgIpc) is 2.93. The summed E-state index contributed by atoms with van der Waals surface area (Å²) in [7, 11) is 3.27. The molecule has 3 N–H and O–H groups in total. The van der Waals surface area contributed by atoms with E-state index in [-0.39, 0.29) is 29.7 Å². The molecule has 3 rings (SSSR count). The monoisotopic (exact) mass is 282 g/mol. The highest BCUT2D eigenvalue weighted by Gasteiger charge is 2.36.